The fraction of sp³-hybridized carbons (Fsp3) is 0.654. The molecule has 0 spiro atoms. The average Bonchev–Trinajstić information content (AvgIpc) is 2.76. The van der Waals surface area contributed by atoms with E-state index in [1.54, 1.807) is 0 Å². The second-order valence-electron chi connectivity index (χ2n) is 8.33. The van der Waals surface area contributed by atoms with Crippen molar-refractivity contribution in [3.63, 3.8) is 0 Å². The molecular formula is C26H42O3S. The van der Waals surface area contributed by atoms with Crippen LogP contribution < -0.4 is 0 Å². The minimum Gasteiger partial charge on any atom is -0.509 e. The third-order valence-electron chi connectivity index (χ3n) is 5.57. The first-order chi connectivity index (χ1) is 14.6. The Morgan fingerprint density at radius 2 is 1.23 bits per heavy atom. The zero-order valence-electron chi connectivity index (χ0n) is 18.8. The third kappa shape index (κ3) is 12.5. The van der Waals surface area contributed by atoms with Gasteiger partial charge in [-0.25, -0.2) is 0 Å². The van der Waals surface area contributed by atoms with Gasteiger partial charge in [0.25, 0.3) is 0 Å². The Hall–Kier alpha value is -1.23. The molecule has 0 heterocycles. The maximum absolute atomic E-state index is 10.2. The number of hydrogen-bond donors (Lipinski definition) is 3. The van der Waals surface area contributed by atoms with Crippen molar-refractivity contribution in [2.24, 2.45) is 0 Å². The van der Waals surface area contributed by atoms with Gasteiger partial charge in [-0.3, -0.25) is 0 Å². The quantitative estimate of drug-likeness (QED) is 0.130. The summed E-state index contributed by atoms with van der Waals surface area (Å²) in [4.78, 5) is 0.415. The molecule has 4 heteroatoms. The van der Waals surface area contributed by atoms with Crippen LogP contribution in [0.3, 0.4) is 0 Å². The summed E-state index contributed by atoms with van der Waals surface area (Å²) in [6.45, 7) is 2.26. The molecule has 0 aliphatic heterocycles. The number of hydrogen-bond acceptors (Lipinski definition) is 4. The normalized spacial score (nSPS) is 13.9. The lowest BCUT2D eigenvalue weighted by Gasteiger charge is -2.18. The zero-order valence-corrected chi connectivity index (χ0v) is 19.6. The number of aliphatic hydroxyl groups is 3. The Morgan fingerprint density at radius 1 is 0.767 bits per heavy atom. The molecule has 1 rings (SSSR count). The van der Waals surface area contributed by atoms with E-state index in [9.17, 15) is 15.3 Å². The molecule has 30 heavy (non-hydrogen) atoms. The topological polar surface area (TPSA) is 60.7 Å². The van der Waals surface area contributed by atoms with E-state index in [0.717, 1.165) is 18.4 Å². The van der Waals surface area contributed by atoms with Crippen LogP contribution in [0.25, 0.3) is 6.08 Å². The summed E-state index contributed by atoms with van der Waals surface area (Å²) in [7, 11) is 0. The van der Waals surface area contributed by atoms with Crippen molar-refractivity contribution >= 4 is 23.2 Å². The number of benzene rings is 1. The fourth-order valence-corrected chi connectivity index (χ4v) is 3.88. The smallest absolute Gasteiger partial charge is 0.141 e. The van der Waals surface area contributed by atoms with Gasteiger partial charge in [0.2, 0.25) is 0 Å². The first kappa shape index (κ1) is 26.8. The van der Waals surface area contributed by atoms with Gasteiger partial charge in [0.15, 0.2) is 0 Å². The van der Waals surface area contributed by atoms with E-state index in [-0.39, 0.29) is 5.76 Å². The highest BCUT2D eigenvalue weighted by Gasteiger charge is 2.23. The van der Waals surface area contributed by atoms with Gasteiger partial charge in [0.1, 0.15) is 18.0 Å². The highest BCUT2D eigenvalue weighted by Crippen LogP contribution is 2.16. The van der Waals surface area contributed by atoms with Crippen LogP contribution in [-0.2, 0) is 0 Å². The van der Waals surface area contributed by atoms with Crippen LogP contribution in [0.2, 0.25) is 0 Å². The lowest BCUT2D eigenvalue weighted by molar-refractivity contribution is 0.0574. The summed E-state index contributed by atoms with van der Waals surface area (Å²) in [5.41, 5.74) is 0.767. The molecule has 2 atom stereocenters. The molecule has 0 radical (unpaired) electrons. The van der Waals surface area contributed by atoms with E-state index < -0.39 is 12.2 Å². The van der Waals surface area contributed by atoms with Crippen LogP contribution in [-0.4, -0.2) is 32.4 Å². The molecule has 1 aromatic rings. The van der Waals surface area contributed by atoms with Crippen molar-refractivity contribution in [2.75, 3.05) is 0 Å². The number of aliphatic hydroxyl groups excluding tert-OH is 3. The highest BCUT2D eigenvalue weighted by molar-refractivity contribution is 7.80. The predicted octanol–water partition coefficient (Wildman–Crippen LogP) is 7.16. The first-order valence-corrected chi connectivity index (χ1v) is 12.3. The maximum atomic E-state index is 10.2. The van der Waals surface area contributed by atoms with Crippen LogP contribution in [0.1, 0.15) is 102 Å². The molecule has 0 aromatic heterocycles. The second-order valence-corrected chi connectivity index (χ2v) is 8.85. The summed E-state index contributed by atoms with van der Waals surface area (Å²) in [5.74, 6) is -0.263. The molecule has 0 aliphatic rings. The van der Waals surface area contributed by atoms with Crippen molar-refractivity contribution in [1.29, 1.82) is 0 Å². The Balaban J connectivity index is 2.07. The molecule has 1 aromatic carbocycles. The van der Waals surface area contributed by atoms with E-state index in [0.29, 0.717) is 11.3 Å². The van der Waals surface area contributed by atoms with E-state index in [2.05, 4.69) is 6.92 Å². The zero-order chi connectivity index (χ0) is 22.0. The average molecular weight is 435 g/mol. The van der Waals surface area contributed by atoms with E-state index in [1.165, 1.54) is 76.7 Å². The molecule has 3 nitrogen and oxygen atoms in total. The molecule has 0 fully saturated rings. The Morgan fingerprint density at radius 3 is 1.73 bits per heavy atom. The Bertz CT molecular complexity index is 585. The minimum absolute atomic E-state index is 0.263. The van der Waals surface area contributed by atoms with Crippen LogP contribution >= 0.6 is 12.2 Å². The molecule has 0 saturated heterocycles. The second kappa shape index (κ2) is 17.5. The van der Waals surface area contributed by atoms with Gasteiger partial charge in [-0.1, -0.05) is 127 Å². The summed E-state index contributed by atoms with van der Waals surface area (Å²) in [5, 5.41) is 30.5. The standard InChI is InChI=1S/C26H42O3S/c1-2-3-4-5-6-7-8-9-10-11-12-13-17-20-24(30)26(29)25(28)23(27)21-22-18-15-14-16-19-22/h14-16,18-19,21,25-29H,2-13,17,20H2,1H3. The van der Waals surface area contributed by atoms with Gasteiger partial charge >= 0.3 is 0 Å². The lowest BCUT2D eigenvalue weighted by Crippen LogP contribution is -2.34. The van der Waals surface area contributed by atoms with Gasteiger partial charge in [0.05, 0.1) is 0 Å². The van der Waals surface area contributed by atoms with Gasteiger partial charge < -0.3 is 15.3 Å². The molecule has 0 bridgehead atoms. The van der Waals surface area contributed by atoms with Crippen molar-refractivity contribution in [3.05, 3.63) is 41.7 Å². The number of rotatable bonds is 18. The van der Waals surface area contributed by atoms with Gasteiger partial charge in [0, 0.05) is 4.86 Å². The molecular weight excluding hydrogens is 392 g/mol. The van der Waals surface area contributed by atoms with Gasteiger partial charge in [-0.2, -0.15) is 0 Å². The van der Waals surface area contributed by atoms with Crippen molar-refractivity contribution in [3.8, 4) is 0 Å². The van der Waals surface area contributed by atoms with Crippen LogP contribution in [0.5, 0.6) is 0 Å². The van der Waals surface area contributed by atoms with E-state index in [4.69, 9.17) is 12.2 Å². The van der Waals surface area contributed by atoms with Crippen LogP contribution in [0, 0.1) is 0 Å². The summed E-state index contributed by atoms with van der Waals surface area (Å²) in [6.07, 6.45) is 16.2. The summed E-state index contributed by atoms with van der Waals surface area (Å²) >= 11 is 5.27. The molecule has 0 amide bonds. The minimum atomic E-state index is -1.38. The maximum Gasteiger partial charge on any atom is 0.141 e. The van der Waals surface area contributed by atoms with Crippen molar-refractivity contribution < 1.29 is 15.3 Å². The van der Waals surface area contributed by atoms with Gasteiger partial charge in [-0.05, 0) is 24.5 Å². The molecule has 0 saturated carbocycles. The molecule has 0 aliphatic carbocycles. The molecule has 170 valence electrons. The molecule has 3 N–H and O–H groups in total. The number of unbranched alkanes of at least 4 members (excludes halogenated alkanes) is 12. The molecule has 2 unspecified atom stereocenters. The Labute approximate surface area is 189 Å². The van der Waals surface area contributed by atoms with E-state index in [1.807, 2.05) is 30.3 Å². The fourth-order valence-electron chi connectivity index (χ4n) is 3.61. The lowest BCUT2D eigenvalue weighted by atomic mass is 10.0. The van der Waals surface area contributed by atoms with Crippen molar-refractivity contribution in [2.45, 2.75) is 109 Å². The predicted molar refractivity (Wildman–Crippen MR) is 132 cm³/mol. The SMILES string of the molecule is CCCCCCCCCCCCCCCC(=S)C(O)C(O)C(O)=Cc1ccccc1. The van der Waals surface area contributed by atoms with E-state index >= 15 is 0 Å². The van der Waals surface area contributed by atoms with Crippen molar-refractivity contribution in [1.82, 2.24) is 0 Å². The largest absolute Gasteiger partial charge is 0.509 e. The monoisotopic (exact) mass is 434 g/mol. The van der Waals surface area contributed by atoms with Crippen LogP contribution in [0.4, 0.5) is 0 Å². The third-order valence-corrected chi connectivity index (χ3v) is 6.02. The number of thiocarbonyl (C=S) groups is 1. The highest BCUT2D eigenvalue weighted by atomic mass is 32.1. The van der Waals surface area contributed by atoms with Crippen LogP contribution in [0.15, 0.2) is 36.1 Å². The summed E-state index contributed by atoms with van der Waals surface area (Å²) < 4.78 is 0. The Kier molecular flexibility index (Phi) is 15.6. The first-order valence-electron chi connectivity index (χ1n) is 11.9. The van der Waals surface area contributed by atoms with Gasteiger partial charge in [-0.15, -0.1) is 0 Å². The summed E-state index contributed by atoms with van der Waals surface area (Å²) in [6, 6.07) is 9.22.